The van der Waals surface area contributed by atoms with Crippen LogP contribution in [-0.2, 0) is 24.4 Å². The molecule has 0 bridgehead atoms. The number of aryl methyl sites for hydroxylation is 2. The number of amides is 1. The number of benzene rings is 4. The van der Waals surface area contributed by atoms with Crippen LogP contribution < -0.4 is 14.2 Å². The molecule has 5 aromatic rings. The van der Waals surface area contributed by atoms with Crippen LogP contribution in [0.5, 0.6) is 23.1 Å². The highest BCUT2D eigenvalue weighted by molar-refractivity contribution is 6.32. The molecule has 1 amide bonds. The van der Waals surface area contributed by atoms with Crippen molar-refractivity contribution >= 4 is 23.1 Å². The zero-order valence-electron chi connectivity index (χ0n) is 32.9. The van der Waals surface area contributed by atoms with E-state index in [0.29, 0.717) is 60.2 Å². The van der Waals surface area contributed by atoms with Crippen LogP contribution in [0.15, 0.2) is 109 Å². The average molecular weight is 758 g/mol. The van der Waals surface area contributed by atoms with Crippen molar-refractivity contribution in [1.82, 2.24) is 14.8 Å². The summed E-state index contributed by atoms with van der Waals surface area (Å²) in [4.78, 5) is 22.4. The van der Waals surface area contributed by atoms with E-state index < -0.39 is 0 Å². The molecule has 1 fully saturated rings. The third kappa shape index (κ3) is 10.8. The maximum atomic E-state index is 13.6. The van der Waals surface area contributed by atoms with Crippen molar-refractivity contribution in [2.75, 3.05) is 32.8 Å². The Balaban J connectivity index is 0.967. The van der Waals surface area contributed by atoms with Crippen molar-refractivity contribution in [2.24, 2.45) is 0 Å². The van der Waals surface area contributed by atoms with Crippen molar-refractivity contribution in [2.45, 2.75) is 67.0 Å². The topological polar surface area (TPSA) is 64.1 Å². The summed E-state index contributed by atoms with van der Waals surface area (Å²) in [6.07, 6.45) is 2.51. The molecule has 0 unspecified atom stereocenters. The molecule has 0 N–H and O–H groups in total. The summed E-state index contributed by atoms with van der Waals surface area (Å²) >= 11 is 6.76. The highest BCUT2D eigenvalue weighted by atomic mass is 35.5. The number of allylic oxidation sites excluding steroid dienone is 1. The van der Waals surface area contributed by atoms with E-state index in [1.807, 2.05) is 43.9 Å². The number of rotatable bonds is 14. The van der Waals surface area contributed by atoms with Gasteiger partial charge in [0.25, 0.3) is 0 Å². The van der Waals surface area contributed by atoms with Gasteiger partial charge in [0, 0.05) is 50.8 Å². The molecule has 4 aromatic carbocycles. The fourth-order valence-electron chi connectivity index (χ4n) is 6.57. The van der Waals surface area contributed by atoms with Crippen molar-refractivity contribution < 1.29 is 19.0 Å². The van der Waals surface area contributed by atoms with Crippen molar-refractivity contribution in [3.63, 3.8) is 0 Å². The number of ether oxygens (including phenoxy) is 3. The number of hydrogen-bond donors (Lipinski definition) is 0. The van der Waals surface area contributed by atoms with Crippen LogP contribution in [0.1, 0.15) is 72.6 Å². The minimum Gasteiger partial charge on any atom is -0.493 e. The zero-order chi connectivity index (χ0) is 38.9. The van der Waals surface area contributed by atoms with Crippen LogP contribution in [0.25, 0.3) is 5.57 Å². The van der Waals surface area contributed by atoms with Crippen LogP contribution >= 0.6 is 11.6 Å². The molecule has 8 heteroatoms. The molecule has 55 heavy (non-hydrogen) atoms. The van der Waals surface area contributed by atoms with E-state index in [4.69, 9.17) is 25.8 Å². The van der Waals surface area contributed by atoms with E-state index in [-0.39, 0.29) is 5.91 Å². The molecule has 1 saturated heterocycles. The maximum absolute atomic E-state index is 13.6. The Kier molecular flexibility index (Phi) is 13.3. The third-order valence-corrected chi connectivity index (χ3v) is 10.6. The van der Waals surface area contributed by atoms with Gasteiger partial charge in [-0.15, -0.1) is 0 Å². The SMILES string of the molecule is CC(C(=O)N1CCN(Cc2ccc(CCOc3ccc(C(C)C)cc3)cc2)CC1)=C(C)c1cc(C)c(Oc2ccc(OCc3ccc(C)cc3)cn2)c(Cl)c1. The van der Waals surface area contributed by atoms with Crippen LogP contribution in [0.4, 0.5) is 0 Å². The minimum atomic E-state index is 0.0579. The number of carbonyl (C=O) groups is 1. The van der Waals surface area contributed by atoms with E-state index in [1.165, 1.54) is 22.3 Å². The summed E-state index contributed by atoms with van der Waals surface area (Å²) in [6, 6.07) is 32.9. The first kappa shape index (κ1) is 39.6. The largest absolute Gasteiger partial charge is 0.493 e. The van der Waals surface area contributed by atoms with E-state index in [1.54, 1.807) is 12.3 Å². The molecule has 0 radical (unpaired) electrons. The summed E-state index contributed by atoms with van der Waals surface area (Å²) in [7, 11) is 0. The number of piperazine rings is 1. The first-order chi connectivity index (χ1) is 26.5. The second kappa shape index (κ2) is 18.5. The Bertz CT molecular complexity index is 2040. The molecule has 0 spiro atoms. The van der Waals surface area contributed by atoms with Gasteiger partial charge in [-0.1, -0.05) is 91.7 Å². The van der Waals surface area contributed by atoms with E-state index in [2.05, 4.69) is 103 Å². The van der Waals surface area contributed by atoms with Gasteiger partial charge in [-0.25, -0.2) is 4.98 Å². The number of nitrogens with zero attached hydrogens (tertiary/aromatic N) is 3. The summed E-state index contributed by atoms with van der Waals surface area (Å²) in [5.41, 5.74) is 9.51. The molecular formula is C47H52ClN3O4. The van der Waals surface area contributed by atoms with Crippen molar-refractivity contribution in [3.05, 3.63) is 153 Å². The lowest BCUT2D eigenvalue weighted by Crippen LogP contribution is -2.48. The van der Waals surface area contributed by atoms with Crippen LogP contribution in [0.2, 0.25) is 5.02 Å². The minimum absolute atomic E-state index is 0.0579. The van der Waals surface area contributed by atoms with Crippen molar-refractivity contribution in [1.29, 1.82) is 0 Å². The fraction of sp³-hybridized carbons (Fsp3) is 0.319. The second-order valence-corrected chi connectivity index (χ2v) is 15.2. The molecule has 1 aliphatic heterocycles. The first-order valence-corrected chi connectivity index (χ1v) is 19.5. The summed E-state index contributed by atoms with van der Waals surface area (Å²) < 4.78 is 18.0. The molecule has 0 saturated carbocycles. The van der Waals surface area contributed by atoms with Gasteiger partial charge in [0.05, 0.1) is 17.8 Å². The molecule has 0 atom stereocenters. The van der Waals surface area contributed by atoms with Crippen LogP contribution in [0, 0.1) is 13.8 Å². The molecule has 0 aliphatic carbocycles. The van der Waals surface area contributed by atoms with Gasteiger partial charge < -0.3 is 19.1 Å². The predicted octanol–water partition coefficient (Wildman–Crippen LogP) is 10.6. The van der Waals surface area contributed by atoms with Gasteiger partial charge in [0.2, 0.25) is 11.8 Å². The molecule has 7 nitrogen and oxygen atoms in total. The highest BCUT2D eigenvalue weighted by Gasteiger charge is 2.24. The van der Waals surface area contributed by atoms with Gasteiger partial charge in [-0.05, 0) is 103 Å². The molecule has 6 rings (SSSR count). The predicted molar refractivity (Wildman–Crippen MR) is 222 cm³/mol. The van der Waals surface area contributed by atoms with Crippen LogP contribution in [-0.4, -0.2) is 53.5 Å². The lowest BCUT2D eigenvalue weighted by atomic mass is 9.99. The monoisotopic (exact) mass is 757 g/mol. The Morgan fingerprint density at radius 1 is 0.782 bits per heavy atom. The van der Waals surface area contributed by atoms with Gasteiger partial charge in [-0.2, -0.15) is 0 Å². The number of halogens is 1. The van der Waals surface area contributed by atoms with Gasteiger partial charge in [0.1, 0.15) is 18.1 Å². The van der Waals surface area contributed by atoms with Gasteiger partial charge in [0.15, 0.2) is 5.75 Å². The lowest BCUT2D eigenvalue weighted by Gasteiger charge is -2.35. The van der Waals surface area contributed by atoms with Gasteiger partial charge in [-0.3, -0.25) is 9.69 Å². The molecule has 1 aliphatic rings. The number of pyridine rings is 1. The van der Waals surface area contributed by atoms with Gasteiger partial charge >= 0.3 is 0 Å². The normalized spacial score (nSPS) is 13.8. The van der Waals surface area contributed by atoms with E-state index >= 15 is 0 Å². The van der Waals surface area contributed by atoms with Crippen LogP contribution in [0.3, 0.4) is 0 Å². The highest BCUT2D eigenvalue weighted by Crippen LogP contribution is 2.36. The zero-order valence-corrected chi connectivity index (χ0v) is 33.7. The molecule has 286 valence electrons. The maximum Gasteiger partial charge on any atom is 0.249 e. The second-order valence-electron chi connectivity index (χ2n) is 14.8. The molecule has 2 heterocycles. The lowest BCUT2D eigenvalue weighted by molar-refractivity contribution is -0.128. The Labute approximate surface area is 331 Å². The van der Waals surface area contributed by atoms with E-state index in [0.717, 1.165) is 54.1 Å². The Morgan fingerprint density at radius 3 is 2.07 bits per heavy atom. The van der Waals surface area contributed by atoms with E-state index in [9.17, 15) is 4.79 Å². The fourth-order valence-corrected chi connectivity index (χ4v) is 6.88. The number of hydrogen-bond acceptors (Lipinski definition) is 6. The average Bonchev–Trinajstić information content (AvgIpc) is 3.19. The first-order valence-electron chi connectivity index (χ1n) is 19.1. The quantitative estimate of drug-likeness (QED) is 0.105. The number of aromatic nitrogens is 1. The smallest absolute Gasteiger partial charge is 0.249 e. The number of carbonyl (C=O) groups excluding carboxylic acids is 1. The van der Waals surface area contributed by atoms with Crippen molar-refractivity contribution in [3.8, 4) is 23.1 Å². The summed E-state index contributed by atoms with van der Waals surface area (Å²) in [6.45, 7) is 17.3. The Hall–Kier alpha value is -5.11. The third-order valence-electron chi connectivity index (χ3n) is 10.3. The molecule has 1 aromatic heterocycles. The summed E-state index contributed by atoms with van der Waals surface area (Å²) in [5, 5.41) is 0.457. The standard InChI is InChI=1S/C47H52ClN3O4/c1-32(2)40-15-17-42(18-16-40)53-26-21-37-11-13-38(14-12-37)30-50-22-24-51(25-23-50)47(52)36(6)35(5)41-27-34(4)46(44(48)28-41)55-45-20-19-43(29-49-45)54-31-39-9-7-33(3)8-10-39/h7-20,27-29,32H,21-26,30-31H2,1-6H3. The Morgan fingerprint density at radius 2 is 1.44 bits per heavy atom. The molecular weight excluding hydrogens is 706 g/mol. The summed E-state index contributed by atoms with van der Waals surface area (Å²) in [5.74, 6) is 3.09.